The van der Waals surface area contributed by atoms with E-state index in [0.29, 0.717) is 17.2 Å². The van der Waals surface area contributed by atoms with E-state index in [0.717, 1.165) is 43.1 Å². The van der Waals surface area contributed by atoms with Crippen LogP contribution in [0, 0.1) is 5.82 Å². The molecule has 8 heteroatoms. The average molecular weight is 437 g/mol. The van der Waals surface area contributed by atoms with Crippen molar-refractivity contribution in [2.75, 3.05) is 38.2 Å². The van der Waals surface area contributed by atoms with Crippen LogP contribution in [-0.2, 0) is 21.2 Å². The van der Waals surface area contributed by atoms with Crippen LogP contribution in [0.15, 0.2) is 58.3 Å². The highest BCUT2D eigenvalue weighted by Crippen LogP contribution is 2.19. The van der Waals surface area contributed by atoms with Gasteiger partial charge < -0.3 is 4.90 Å². The van der Waals surface area contributed by atoms with Gasteiger partial charge in [0.2, 0.25) is 5.91 Å². The minimum atomic E-state index is -3.18. The first-order valence-corrected chi connectivity index (χ1v) is 12.4. The summed E-state index contributed by atoms with van der Waals surface area (Å²) >= 11 is 1.42. The van der Waals surface area contributed by atoms with Gasteiger partial charge in [0.15, 0.2) is 9.84 Å². The van der Waals surface area contributed by atoms with Gasteiger partial charge in [-0.2, -0.15) is 0 Å². The molecular weight excluding hydrogens is 411 g/mol. The second kappa shape index (κ2) is 9.73. The molecule has 2 aromatic carbocycles. The van der Waals surface area contributed by atoms with Crippen molar-refractivity contribution in [2.24, 2.45) is 0 Å². The lowest BCUT2D eigenvalue weighted by Crippen LogP contribution is -2.36. The highest BCUT2D eigenvalue weighted by Gasteiger charge is 2.19. The van der Waals surface area contributed by atoms with Gasteiger partial charge in [-0.1, -0.05) is 12.1 Å². The molecule has 0 bridgehead atoms. The zero-order valence-corrected chi connectivity index (χ0v) is 18.0. The summed E-state index contributed by atoms with van der Waals surface area (Å²) in [5, 5.41) is 0. The molecule has 0 saturated carbocycles. The van der Waals surface area contributed by atoms with Gasteiger partial charge in [0.05, 0.1) is 10.6 Å². The van der Waals surface area contributed by atoms with Gasteiger partial charge in [-0.25, -0.2) is 12.8 Å². The van der Waals surface area contributed by atoms with E-state index in [2.05, 4.69) is 4.90 Å². The smallest absolute Gasteiger partial charge is 0.232 e. The predicted octanol–water partition coefficient (Wildman–Crippen LogP) is 3.06. The number of carbonyl (C=O) groups excluding carboxylic acids is 1. The molecule has 1 aliphatic rings. The van der Waals surface area contributed by atoms with Gasteiger partial charge >= 0.3 is 0 Å². The molecule has 0 unspecified atom stereocenters. The monoisotopic (exact) mass is 436 g/mol. The van der Waals surface area contributed by atoms with Crippen molar-refractivity contribution in [2.45, 2.75) is 22.8 Å². The second-order valence-electron chi connectivity index (χ2n) is 7.17. The molecule has 2 aromatic rings. The Bertz CT molecular complexity index is 931. The van der Waals surface area contributed by atoms with Gasteiger partial charge in [-0.15, -0.1) is 11.8 Å². The van der Waals surface area contributed by atoms with E-state index < -0.39 is 9.84 Å². The van der Waals surface area contributed by atoms with Gasteiger partial charge in [0.25, 0.3) is 0 Å². The van der Waals surface area contributed by atoms with Crippen molar-refractivity contribution in [3.8, 4) is 0 Å². The predicted molar refractivity (Wildman–Crippen MR) is 113 cm³/mol. The quantitative estimate of drug-likeness (QED) is 0.652. The summed E-state index contributed by atoms with van der Waals surface area (Å²) < 4.78 is 36.1. The molecule has 0 spiro atoms. The Balaban J connectivity index is 1.49. The average Bonchev–Trinajstić information content (AvgIpc) is 2.93. The molecule has 3 rings (SSSR count). The number of carbonyl (C=O) groups is 1. The number of halogens is 1. The molecule has 1 saturated heterocycles. The minimum Gasteiger partial charge on any atom is -0.341 e. The Labute approximate surface area is 175 Å². The van der Waals surface area contributed by atoms with E-state index in [4.69, 9.17) is 0 Å². The van der Waals surface area contributed by atoms with Gasteiger partial charge in [0.1, 0.15) is 5.82 Å². The summed E-state index contributed by atoms with van der Waals surface area (Å²) in [5.41, 5.74) is 1.06. The van der Waals surface area contributed by atoms with Crippen molar-refractivity contribution in [1.82, 2.24) is 9.80 Å². The topological polar surface area (TPSA) is 57.7 Å². The second-order valence-corrected chi connectivity index (χ2v) is 10.2. The summed E-state index contributed by atoms with van der Waals surface area (Å²) in [6.45, 7) is 3.80. The maximum atomic E-state index is 13.0. The van der Waals surface area contributed by atoms with Crippen molar-refractivity contribution in [1.29, 1.82) is 0 Å². The van der Waals surface area contributed by atoms with Crippen LogP contribution < -0.4 is 0 Å². The Kier molecular flexibility index (Phi) is 7.32. The summed E-state index contributed by atoms with van der Waals surface area (Å²) in [6.07, 6.45) is 2.10. The molecule has 0 aromatic heterocycles. The normalized spacial score (nSPS) is 15.9. The molecule has 0 radical (unpaired) electrons. The first-order valence-electron chi connectivity index (χ1n) is 9.49. The zero-order valence-electron chi connectivity index (χ0n) is 16.4. The standard InChI is InChI=1S/C21H25FN2O3S2/c1-29(26,27)20-9-3-17(4-10-20)15-23-11-2-12-24(14-13-23)21(25)16-28-19-7-5-18(22)6-8-19/h3-10H,2,11-16H2,1H3. The van der Waals surface area contributed by atoms with Crippen LogP contribution in [0.1, 0.15) is 12.0 Å². The summed E-state index contributed by atoms with van der Waals surface area (Å²) in [6, 6.07) is 13.2. The Morgan fingerprint density at radius 1 is 1.00 bits per heavy atom. The van der Waals surface area contributed by atoms with Crippen molar-refractivity contribution < 1.29 is 17.6 Å². The fourth-order valence-corrected chi connectivity index (χ4v) is 4.68. The van der Waals surface area contributed by atoms with Gasteiger partial charge in [0, 0.05) is 43.9 Å². The molecule has 29 heavy (non-hydrogen) atoms. The summed E-state index contributed by atoms with van der Waals surface area (Å²) in [5.74, 6) is 0.163. The van der Waals surface area contributed by atoms with Gasteiger partial charge in [-0.3, -0.25) is 9.69 Å². The third-order valence-electron chi connectivity index (χ3n) is 4.87. The molecule has 0 atom stereocenters. The van der Waals surface area contributed by atoms with Crippen LogP contribution in [0.5, 0.6) is 0 Å². The van der Waals surface area contributed by atoms with Crippen LogP contribution >= 0.6 is 11.8 Å². The van der Waals surface area contributed by atoms with E-state index >= 15 is 0 Å². The van der Waals surface area contributed by atoms with E-state index in [9.17, 15) is 17.6 Å². The van der Waals surface area contributed by atoms with Crippen LogP contribution in [0.3, 0.4) is 0 Å². The van der Waals surface area contributed by atoms with E-state index in [1.54, 1.807) is 24.3 Å². The SMILES string of the molecule is CS(=O)(=O)c1ccc(CN2CCCN(C(=O)CSc3ccc(F)cc3)CC2)cc1. The zero-order chi connectivity index (χ0) is 20.9. The number of hydrogen-bond acceptors (Lipinski definition) is 5. The summed E-state index contributed by atoms with van der Waals surface area (Å²) in [4.78, 5) is 17.9. The molecule has 1 fully saturated rings. The number of amides is 1. The van der Waals surface area contributed by atoms with Gasteiger partial charge in [-0.05, 0) is 48.4 Å². The highest BCUT2D eigenvalue weighted by molar-refractivity contribution is 8.00. The number of hydrogen-bond donors (Lipinski definition) is 0. The molecule has 156 valence electrons. The van der Waals surface area contributed by atoms with Crippen LogP contribution in [-0.4, -0.2) is 62.3 Å². The Morgan fingerprint density at radius 3 is 2.34 bits per heavy atom. The lowest BCUT2D eigenvalue weighted by Gasteiger charge is -2.22. The largest absolute Gasteiger partial charge is 0.341 e. The lowest BCUT2D eigenvalue weighted by molar-refractivity contribution is -0.128. The lowest BCUT2D eigenvalue weighted by atomic mass is 10.2. The van der Waals surface area contributed by atoms with Crippen LogP contribution in [0.2, 0.25) is 0 Å². The third-order valence-corrected chi connectivity index (χ3v) is 7.00. The molecule has 5 nitrogen and oxygen atoms in total. The van der Waals surface area contributed by atoms with E-state index in [1.165, 1.54) is 30.2 Å². The van der Waals surface area contributed by atoms with Crippen molar-refractivity contribution in [3.63, 3.8) is 0 Å². The molecule has 0 N–H and O–H groups in total. The fourth-order valence-electron chi connectivity index (χ4n) is 3.25. The number of nitrogens with zero attached hydrogens (tertiary/aromatic N) is 2. The summed E-state index contributed by atoms with van der Waals surface area (Å²) in [7, 11) is -3.18. The number of rotatable bonds is 6. The Morgan fingerprint density at radius 2 is 1.69 bits per heavy atom. The minimum absolute atomic E-state index is 0.0960. The number of sulfone groups is 1. The first kappa shape index (κ1) is 21.8. The third kappa shape index (κ3) is 6.55. The number of thioether (sulfide) groups is 1. The first-order chi connectivity index (χ1) is 13.8. The Hall–Kier alpha value is -1.90. The highest BCUT2D eigenvalue weighted by atomic mass is 32.2. The molecule has 1 amide bonds. The molecule has 0 aliphatic carbocycles. The van der Waals surface area contributed by atoms with Crippen LogP contribution in [0.4, 0.5) is 4.39 Å². The molecule has 1 heterocycles. The maximum absolute atomic E-state index is 13.0. The van der Waals surface area contributed by atoms with Crippen molar-refractivity contribution >= 4 is 27.5 Å². The van der Waals surface area contributed by atoms with E-state index in [1.807, 2.05) is 17.0 Å². The molecular formula is C21H25FN2O3S2. The maximum Gasteiger partial charge on any atom is 0.232 e. The molecule has 1 aliphatic heterocycles. The van der Waals surface area contributed by atoms with Crippen molar-refractivity contribution in [3.05, 3.63) is 59.9 Å². The van der Waals surface area contributed by atoms with Crippen LogP contribution in [0.25, 0.3) is 0 Å². The number of benzene rings is 2. The van der Waals surface area contributed by atoms with E-state index in [-0.39, 0.29) is 11.7 Å². The fraction of sp³-hybridized carbons (Fsp3) is 0.381.